The van der Waals surface area contributed by atoms with Crippen molar-refractivity contribution in [1.82, 2.24) is 25.1 Å². The van der Waals surface area contributed by atoms with E-state index in [4.69, 9.17) is 0 Å². The highest BCUT2D eigenvalue weighted by Gasteiger charge is 2.27. The summed E-state index contributed by atoms with van der Waals surface area (Å²) in [6.07, 6.45) is 0. The molecular weight excluding hydrogens is 354 g/mol. The zero-order valence-electron chi connectivity index (χ0n) is 15.0. The minimum Gasteiger partial charge on any atom is -0.353 e. The minimum absolute atomic E-state index is 0. The number of sulfonamides is 1. The van der Waals surface area contributed by atoms with Crippen molar-refractivity contribution in [2.75, 3.05) is 13.1 Å². The molecule has 0 spiro atoms. The Balaban J connectivity index is 0.00000529. The lowest BCUT2D eigenvalue weighted by atomic mass is 10.3. The molecule has 0 bridgehead atoms. The van der Waals surface area contributed by atoms with Gasteiger partial charge < -0.3 is 10.6 Å². The molecule has 1 amide bonds. The van der Waals surface area contributed by atoms with Gasteiger partial charge in [-0.15, -0.1) is 12.4 Å². The number of hydrogen-bond acceptors (Lipinski definition) is 5. The van der Waals surface area contributed by atoms with Gasteiger partial charge in [0.1, 0.15) is 4.90 Å². The van der Waals surface area contributed by atoms with Gasteiger partial charge in [-0.25, -0.2) is 8.42 Å². The van der Waals surface area contributed by atoms with E-state index in [2.05, 4.69) is 20.5 Å². The Morgan fingerprint density at radius 2 is 1.88 bits per heavy atom. The second-order valence-corrected chi connectivity index (χ2v) is 7.32. The first-order valence-corrected chi connectivity index (χ1v) is 9.12. The van der Waals surface area contributed by atoms with Crippen LogP contribution in [-0.4, -0.2) is 49.3 Å². The van der Waals surface area contributed by atoms with Crippen molar-refractivity contribution >= 4 is 28.3 Å². The van der Waals surface area contributed by atoms with Gasteiger partial charge in [0.2, 0.25) is 15.9 Å². The van der Waals surface area contributed by atoms with Gasteiger partial charge >= 0.3 is 0 Å². The van der Waals surface area contributed by atoms with Crippen LogP contribution in [0.3, 0.4) is 0 Å². The average molecular weight is 382 g/mol. The van der Waals surface area contributed by atoms with Crippen LogP contribution in [0.1, 0.15) is 32.2 Å². The maximum Gasteiger partial charge on any atom is 0.244 e. The Kier molecular flexibility index (Phi) is 8.90. The maximum absolute atomic E-state index is 12.5. The van der Waals surface area contributed by atoms with Gasteiger partial charge in [-0.1, -0.05) is 6.92 Å². The van der Waals surface area contributed by atoms with Crippen molar-refractivity contribution in [3.05, 3.63) is 11.4 Å². The van der Waals surface area contributed by atoms with Crippen molar-refractivity contribution in [1.29, 1.82) is 0 Å². The third-order valence-corrected chi connectivity index (χ3v) is 5.36. The molecule has 1 aromatic heterocycles. The summed E-state index contributed by atoms with van der Waals surface area (Å²) in [6, 6.07) is -0.747. The van der Waals surface area contributed by atoms with Gasteiger partial charge in [-0.3, -0.25) is 9.48 Å². The van der Waals surface area contributed by atoms with E-state index in [-0.39, 0.29) is 29.3 Å². The molecule has 1 rings (SSSR count). The Labute approximate surface area is 150 Å². The molecule has 24 heavy (non-hydrogen) atoms. The lowest BCUT2D eigenvalue weighted by Gasteiger charge is -2.17. The summed E-state index contributed by atoms with van der Waals surface area (Å²) in [4.78, 5) is 12.2. The second-order valence-electron chi connectivity index (χ2n) is 5.67. The smallest absolute Gasteiger partial charge is 0.244 e. The van der Waals surface area contributed by atoms with Crippen molar-refractivity contribution in [3.8, 4) is 0 Å². The zero-order chi connectivity index (χ0) is 17.8. The minimum atomic E-state index is -3.80. The van der Waals surface area contributed by atoms with E-state index in [1.54, 1.807) is 20.9 Å². The SMILES string of the molecule is CCN[C@H](C)CNC(=O)C(C)NS(=O)(=O)c1c(C)nn(C)c1C.Cl. The first-order chi connectivity index (χ1) is 10.6. The second kappa shape index (κ2) is 9.36. The third kappa shape index (κ3) is 5.73. The molecule has 0 fully saturated rings. The van der Waals surface area contributed by atoms with E-state index in [0.717, 1.165) is 6.54 Å². The summed E-state index contributed by atoms with van der Waals surface area (Å²) in [5.74, 6) is -0.363. The van der Waals surface area contributed by atoms with Gasteiger partial charge in [0.15, 0.2) is 0 Å². The highest BCUT2D eigenvalue weighted by molar-refractivity contribution is 7.89. The lowest BCUT2D eigenvalue weighted by molar-refractivity contribution is -0.122. The lowest BCUT2D eigenvalue weighted by Crippen LogP contribution is -2.48. The number of carbonyl (C=O) groups excluding carboxylic acids is 1. The van der Waals surface area contributed by atoms with Crippen LogP contribution in [-0.2, 0) is 21.9 Å². The summed E-state index contributed by atoms with van der Waals surface area (Å²) in [7, 11) is -2.12. The van der Waals surface area contributed by atoms with E-state index >= 15 is 0 Å². The van der Waals surface area contributed by atoms with E-state index in [1.165, 1.54) is 11.6 Å². The fourth-order valence-corrected chi connectivity index (χ4v) is 3.96. The maximum atomic E-state index is 12.5. The topological polar surface area (TPSA) is 105 Å². The van der Waals surface area contributed by atoms with Gasteiger partial charge in [0.25, 0.3) is 0 Å². The molecule has 0 saturated heterocycles. The van der Waals surface area contributed by atoms with Crippen LogP contribution in [0.25, 0.3) is 0 Å². The van der Waals surface area contributed by atoms with Crippen molar-refractivity contribution in [3.63, 3.8) is 0 Å². The van der Waals surface area contributed by atoms with Crippen LogP contribution in [0.15, 0.2) is 4.90 Å². The molecule has 1 unspecified atom stereocenters. The van der Waals surface area contributed by atoms with Crippen LogP contribution in [0.5, 0.6) is 0 Å². The first kappa shape index (κ1) is 22.8. The van der Waals surface area contributed by atoms with Gasteiger partial charge in [0.05, 0.1) is 17.4 Å². The van der Waals surface area contributed by atoms with E-state index in [1.807, 2.05) is 13.8 Å². The molecule has 0 radical (unpaired) electrons. The van der Waals surface area contributed by atoms with E-state index in [9.17, 15) is 13.2 Å². The van der Waals surface area contributed by atoms with E-state index < -0.39 is 16.1 Å². The molecule has 0 saturated carbocycles. The molecule has 2 atom stereocenters. The van der Waals surface area contributed by atoms with Gasteiger partial charge in [-0.2, -0.15) is 9.82 Å². The summed E-state index contributed by atoms with van der Waals surface area (Å²) in [6.45, 7) is 9.99. The Bertz CT molecular complexity index is 660. The van der Waals surface area contributed by atoms with Crippen molar-refractivity contribution in [2.24, 2.45) is 7.05 Å². The fourth-order valence-electron chi connectivity index (χ4n) is 2.32. The summed E-state index contributed by atoms with van der Waals surface area (Å²) < 4.78 is 28.9. The van der Waals surface area contributed by atoms with Gasteiger partial charge in [0, 0.05) is 19.6 Å². The normalized spacial score (nSPS) is 13.9. The zero-order valence-corrected chi connectivity index (χ0v) is 16.6. The number of carbonyl (C=O) groups is 1. The number of hydrogen-bond donors (Lipinski definition) is 3. The van der Waals surface area contributed by atoms with E-state index in [0.29, 0.717) is 17.9 Å². The summed E-state index contributed by atoms with van der Waals surface area (Å²) in [5, 5.41) is 9.99. The number of nitrogens with zero attached hydrogens (tertiary/aromatic N) is 2. The monoisotopic (exact) mass is 381 g/mol. The Hall–Kier alpha value is -1.16. The molecule has 0 aliphatic heterocycles. The molecule has 1 heterocycles. The van der Waals surface area contributed by atoms with Crippen LogP contribution >= 0.6 is 12.4 Å². The fraction of sp³-hybridized carbons (Fsp3) is 0.714. The van der Waals surface area contributed by atoms with Crippen molar-refractivity contribution in [2.45, 2.75) is 51.6 Å². The van der Waals surface area contributed by atoms with Crippen LogP contribution in [0, 0.1) is 13.8 Å². The largest absolute Gasteiger partial charge is 0.353 e. The summed E-state index contributed by atoms with van der Waals surface area (Å²) >= 11 is 0. The average Bonchev–Trinajstić information content (AvgIpc) is 2.69. The van der Waals surface area contributed by atoms with Crippen LogP contribution < -0.4 is 15.4 Å². The molecular formula is C14H28ClN5O3S. The molecule has 10 heteroatoms. The highest BCUT2D eigenvalue weighted by atomic mass is 35.5. The summed E-state index contributed by atoms with van der Waals surface area (Å²) in [5.41, 5.74) is 0.939. The number of rotatable bonds is 8. The molecule has 3 N–H and O–H groups in total. The quantitative estimate of drug-likeness (QED) is 0.598. The van der Waals surface area contributed by atoms with Gasteiger partial charge in [-0.05, 0) is 34.2 Å². The Morgan fingerprint density at radius 1 is 1.29 bits per heavy atom. The first-order valence-electron chi connectivity index (χ1n) is 7.63. The number of amides is 1. The number of likely N-dealkylation sites (N-methyl/N-ethyl adjacent to an activating group) is 1. The van der Waals surface area contributed by atoms with Crippen LogP contribution in [0.4, 0.5) is 0 Å². The standard InChI is InChI=1S/C14H27N5O3S.ClH/c1-7-15-9(2)8-16-14(20)11(4)18-23(21,22)13-10(3)17-19(6)12(13)5;/h9,11,15,18H,7-8H2,1-6H3,(H,16,20);1H/t9-,11?;/m1./s1. The van der Waals surface area contributed by atoms with Crippen LogP contribution in [0.2, 0.25) is 0 Å². The molecule has 0 aromatic carbocycles. The predicted molar refractivity (Wildman–Crippen MR) is 95.9 cm³/mol. The molecule has 0 aliphatic carbocycles. The number of aromatic nitrogens is 2. The predicted octanol–water partition coefficient (Wildman–Crippen LogP) is 0.240. The third-order valence-electron chi connectivity index (χ3n) is 3.57. The van der Waals surface area contributed by atoms with Crippen molar-refractivity contribution < 1.29 is 13.2 Å². The highest BCUT2D eigenvalue weighted by Crippen LogP contribution is 2.18. The number of aryl methyl sites for hydroxylation is 2. The molecule has 0 aliphatic rings. The molecule has 8 nitrogen and oxygen atoms in total. The molecule has 1 aromatic rings. The molecule has 140 valence electrons. The Morgan fingerprint density at radius 3 is 2.33 bits per heavy atom. The number of halogens is 1. The number of nitrogens with one attached hydrogen (secondary N) is 3.